The van der Waals surface area contributed by atoms with Gasteiger partial charge in [-0.1, -0.05) is 18.6 Å². The third kappa shape index (κ3) is 6.98. The van der Waals surface area contributed by atoms with E-state index in [-0.39, 0.29) is 29.0 Å². The fourth-order valence-corrected chi connectivity index (χ4v) is 9.55. The number of nitrogens with zero attached hydrogens (tertiary/aromatic N) is 6. The van der Waals surface area contributed by atoms with Crippen molar-refractivity contribution < 1.29 is 18.3 Å². The highest BCUT2D eigenvalue weighted by atomic mass is 19.1. The lowest BCUT2D eigenvalue weighted by Crippen LogP contribution is -2.65. The molecule has 0 spiro atoms. The molecule has 0 radical (unpaired) electrons. The zero-order valence-corrected chi connectivity index (χ0v) is 28.6. The predicted octanol–water partition coefficient (Wildman–Crippen LogP) is 5.81. The lowest BCUT2D eigenvalue weighted by atomic mass is 9.56. The van der Waals surface area contributed by atoms with E-state index in [1.165, 1.54) is 19.6 Å². The summed E-state index contributed by atoms with van der Waals surface area (Å²) in [7, 11) is 1.46. The highest BCUT2D eigenvalue weighted by molar-refractivity contribution is 5.69. The van der Waals surface area contributed by atoms with Crippen molar-refractivity contribution >= 4 is 11.7 Å². The van der Waals surface area contributed by atoms with E-state index in [9.17, 15) is 14.4 Å². The van der Waals surface area contributed by atoms with Gasteiger partial charge in [0, 0.05) is 43.0 Å². The Morgan fingerprint density at radius 1 is 1.04 bits per heavy atom. The fourth-order valence-electron chi connectivity index (χ4n) is 9.55. The first-order chi connectivity index (χ1) is 23.8. The van der Waals surface area contributed by atoms with Gasteiger partial charge in [0.15, 0.2) is 5.67 Å². The predicted molar refractivity (Wildman–Crippen MR) is 184 cm³/mol. The molecule has 1 aliphatic carbocycles. The first-order valence-corrected chi connectivity index (χ1v) is 18.0. The lowest BCUT2D eigenvalue weighted by molar-refractivity contribution is -0.142. The Balaban J connectivity index is 1.05. The number of hydrogen-bond acceptors (Lipinski definition) is 7. The molecule has 0 amide bonds. The molecule has 3 atom stereocenters. The topological polar surface area (TPSA) is 77.6 Å². The molecular formula is C39H48F2N6O2. The lowest BCUT2D eigenvalue weighted by Gasteiger charge is -2.54. The van der Waals surface area contributed by atoms with Crippen LogP contribution in [0.15, 0.2) is 60.9 Å². The first-order valence-electron chi connectivity index (χ1n) is 18.0. The number of hydrogen-bond donors (Lipinski definition) is 0. The first kappa shape index (κ1) is 33.7. The molecule has 7 rings (SSSR count). The van der Waals surface area contributed by atoms with Crippen molar-refractivity contribution in [1.82, 2.24) is 19.6 Å². The number of aromatic nitrogens is 2. The van der Waals surface area contributed by atoms with E-state index in [0.717, 1.165) is 81.6 Å². The summed E-state index contributed by atoms with van der Waals surface area (Å²) in [5.74, 6) is 0.378. The van der Waals surface area contributed by atoms with Crippen LogP contribution in [-0.4, -0.2) is 90.7 Å². The van der Waals surface area contributed by atoms with Crippen LogP contribution in [0.25, 0.3) is 0 Å². The van der Waals surface area contributed by atoms with Gasteiger partial charge >= 0.3 is 5.97 Å². The molecule has 1 aromatic heterocycles. The number of halogens is 2. The zero-order valence-electron chi connectivity index (χ0n) is 28.6. The van der Waals surface area contributed by atoms with Gasteiger partial charge in [-0.05, 0) is 124 Å². The monoisotopic (exact) mass is 670 g/mol. The third-order valence-corrected chi connectivity index (χ3v) is 12.0. The minimum Gasteiger partial charge on any atom is -0.469 e. The van der Waals surface area contributed by atoms with Crippen LogP contribution in [-0.2, 0) is 21.5 Å². The number of carbonyl (C=O) groups is 1. The van der Waals surface area contributed by atoms with Crippen LogP contribution < -0.4 is 4.90 Å². The molecule has 8 nitrogen and oxygen atoms in total. The number of nitriles is 1. The summed E-state index contributed by atoms with van der Waals surface area (Å²) < 4.78 is 38.2. The maximum Gasteiger partial charge on any atom is 0.305 e. The van der Waals surface area contributed by atoms with E-state index in [1.54, 1.807) is 16.9 Å². The molecule has 2 aromatic carbocycles. The van der Waals surface area contributed by atoms with Crippen LogP contribution in [0, 0.1) is 34.9 Å². The second-order valence-corrected chi connectivity index (χ2v) is 15.0. The highest BCUT2D eigenvalue weighted by Crippen LogP contribution is 2.54. The standard InChI is InChI=1S/C39H48F2N6O2/c1-49-37(48)21-29-6-2-9-36(29)39(28-44-15-5-16-44,33-7-3-8-34(40)22-33)32-12-18-45(19-13-32)25-38(41)26-46(27-38)35-11-10-30(23-42)31(20-35)24-47-17-4-14-43-47/h3-4,7-8,10-11,14,17,20,22,29,32,36H,2,5-6,9,12-13,15-16,18-19,21,24-28H2,1H3/t29-,36+,39+/m1/s1. The van der Waals surface area contributed by atoms with Crippen LogP contribution in [0.1, 0.15) is 61.6 Å². The fraction of sp³-hybridized carbons (Fsp3) is 0.564. The Morgan fingerprint density at radius 3 is 2.53 bits per heavy atom. The zero-order chi connectivity index (χ0) is 34.0. The molecule has 0 bridgehead atoms. The van der Waals surface area contributed by atoms with Crippen molar-refractivity contribution in [2.75, 3.05) is 64.4 Å². The van der Waals surface area contributed by atoms with Crippen molar-refractivity contribution in [3.05, 3.63) is 83.4 Å². The minimum atomic E-state index is -1.31. The average Bonchev–Trinajstić information content (AvgIpc) is 3.76. The molecule has 49 heavy (non-hydrogen) atoms. The van der Waals surface area contributed by atoms with Gasteiger partial charge in [-0.15, -0.1) is 0 Å². The van der Waals surface area contributed by atoms with Crippen molar-refractivity contribution in [3.63, 3.8) is 0 Å². The Hall–Kier alpha value is -3.81. The molecule has 4 fully saturated rings. The van der Waals surface area contributed by atoms with Crippen LogP contribution in [0.4, 0.5) is 14.5 Å². The van der Waals surface area contributed by atoms with Gasteiger partial charge in [0.05, 0.1) is 38.4 Å². The number of piperidine rings is 1. The number of esters is 1. The van der Waals surface area contributed by atoms with E-state index < -0.39 is 5.67 Å². The van der Waals surface area contributed by atoms with E-state index in [0.29, 0.717) is 44.1 Å². The van der Waals surface area contributed by atoms with Gasteiger partial charge in [-0.25, -0.2) is 8.78 Å². The van der Waals surface area contributed by atoms with Gasteiger partial charge in [0.25, 0.3) is 0 Å². The van der Waals surface area contributed by atoms with E-state index in [4.69, 9.17) is 4.74 Å². The third-order valence-electron chi connectivity index (χ3n) is 12.0. The normalized spacial score (nSPS) is 24.1. The molecule has 0 unspecified atom stereocenters. The molecular weight excluding hydrogens is 622 g/mol. The number of methoxy groups -OCH3 is 1. The van der Waals surface area contributed by atoms with E-state index >= 15 is 4.39 Å². The van der Waals surface area contributed by atoms with Gasteiger partial charge in [-0.3, -0.25) is 14.4 Å². The molecule has 4 aliphatic rings. The van der Waals surface area contributed by atoms with Crippen molar-refractivity contribution in [1.29, 1.82) is 5.26 Å². The molecule has 0 N–H and O–H groups in total. The average molecular weight is 671 g/mol. The van der Waals surface area contributed by atoms with Crippen LogP contribution in [0.5, 0.6) is 0 Å². The second kappa shape index (κ2) is 14.2. The number of rotatable bonds is 12. The number of carbonyl (C=O) groups excluding carboxylic acids is 1. The number of likely N-dealkylation sites (tertiary alicyclic amines) is 2. The molecule has 260 valence electrons. The summed E-state index contributed by atoms with van der Waals surface area (Å²) in [6.45, 7) is 6.09. The van der Waals surface area contributed by atoms with Gasteiger partial charge in [0.1, 0.15) is 5.82 Å². The minimum absolute atomic E-state index is 0.165. The van der Waals surface area contributed by atoms with Gasteiger partial charge < -0.3 is 14.5 Å². The van der Waals surface area contributed by atoms with E-state index in [2.05, 4.69) is 31.9 Å². The highest BCUT2D eigenvalue weighted by Gasteiger charge is 2.53. The van der Waals surface area contributed by atoms with E-state index in [1.807, 2.05) is 36.5 Å². The summed E-state index contributed by atoms with van der Waals surface area (Å²) >= 11 is 0. The smallest absolute Gasteiger partial charge is 0.305 e. The number of benzene rings is 2. The molecule has 3 saturated heterocycles. The molecule has 4 heterocycles. The molecule has 3 aromatic rings. The Bertz CT molecular complexity index is 1640. The summed E-state index contributed by atoms with van der Waals surface area (Å²) in [5, 5.41) is 13.9. The number of alkyl halides is 1. The maximum absolute atomic E-state index is 16.3. The maximum atomic E-state index is 16.3. The summed E-state index contributed by atoms with van der Waals surface area (Å²) in [6, 6.07) is 17.1. The summed E-state index contributed by atoms with van der Waals surface area (Å²) in [4.78, 5) is 19.4. The number of anilines is 1. The van der Waals surface area contributed by atoms with Gasteiger partial charge in [-0.2, -0.15) is 10.4 Å². The Kier molecular flexibility index (Phi) is 9.76. The van der Waals surface area contributed by atoms with Crippen LogP contribution >= 0.6 is 0 Å². The summed E-state index contributed by atoms with van der Waals surface area (Å²) in [5.41, 5.74) is 1.87. The molecule has 3 aliphatic heterocycles. The van der Waals surface area contributed by atoms with Crippen molar-refractivity contribution in [2.24, 2.45) is 17.8 Å². The Labute approximate surface area is 288 Å². The van der Waals surface area contributed by atoms with Gasteiger partial charge in [0.2, 0.25) is 0 Å². The second-order valence-electron chi connectivity index (χ2n) is 15.0. The Morgan fingerprint density at radius 2 is 1.86 bits per heavy atom. The quantitative estimate of drug-likeness (QED) is 0.225. The van der Waals surface area contributed by atoms with Crippen LogP contribution in [0.3, 0.4) is 0 Å². The summed E-state index contributed by atoms with van der Waals surface area (Å²) in [6.07, 6.45) is 10.1. The SMILES string of the molecule is COC(=O)C[C@H]1CCC[C@@H]1[C@](CN1CCC1)(c1cccc(F)c1)C1CCN(CC2(F)CN(c3ccc(C#N)c(Cn4cccn4)c3)C2)CC1. The largest absolute Gasteiger partial charge is 0.469 e. The molecule has 1 saturated carbocycles. The van der Waals surface area contributed by atoms with Crippen molar-refractivity contribution in [3.8, 4) is 6.07 Å². The van der Waals surface area contributed by atoms with Crippen molar-refractivity contribution in [2.45, 2.75) is 62.6 Å². The van der Waals surface area contributed by atoms with Crippen LogP contribution in [0.2, 0.25) is 0 Å². The number of ether oxygens (including phenoxy) is 1. The molecule has 10 heteroatoms.